The smallest absolute Gasteiger partial charge is 0.220 e. The van der Waals surface area contributed by atoms with Crippen LogP contribution in [0.4, 0.5) is 0 Å². The summed E-state index contributed by atoms with van der Waals surface area (Å²) in [5.41, 5.74) is 1.31. The van der Waals surface area contributed by atoms with Crippen LogP contribution in [-0.2, 0) is 10.2 Å². The fraction of sp³-hybridized carbons (Fsp3) is 0.583. The summed E-state index contributed by atoms with van der Waals surface area (Å²) in [7, 11) is 0. The largest absolute Gasteiger partial charge is 0.355 e. The first kappa shape index (κ1) is 13.6. The Morgan fingerprint density at radius 3 is 2.75 bits per heavy atom. The van der Waals surface area contributed by atoms with Crippen molar-refractivity contribution < 1.29 is 4.79 Å². The number of rotatable bonds is 5. The molecular formula is C12H19NOS2. The monoisotopic (exact) mass is 257 g/mol. The van der Waals surface area contributed by atoms with Crippen LogP contribution >= 0.6 is 24.0 Å². The first-order chi connectivity index (χ1) is 7.47. The second-order valence-electron chi connectivity index (χ2n) is 4.57. The van der Waals surface area contributed by atoms with Gasteiger partial charge >= 0.3 is 0 Å². The van der Waals surface area contributed by atoms with Crippen LogP contribution in [0.2, 0.25) is 0 Å². The molecule has 1 heterocycles. The number of nitrogens with one attached hydrogen (secondary N) is 1. The Labute approximate surface area is 107 Å². The van der Waals surface area contributed by atoms with Gasteiger partial charge in [0.2, 0.25) is 5.91 Å². The van der Waals surface area contributed by atoms with E-state index < -0.39 is 0 Å². The lowest BCUT2D eigenvalue weighted by Crippen LogP contribution is -2.36. The van der Waals surface area contributed by atoms with Crippen molar-refractivity contribution in [2.45, 2.75) is 32.6 Å². The predicted molar refractivity (Wildman–Crippen MR) is 73.6 cm³/mol. The summed E-state index contributed by atoms with van der Waals surface area (Å²) >= 11 is 5.80. The van der Waals surface area contributed by atoms with E-state index in [1.54, 1.807) is 11.3 Å². The third kappa shape index (κ3) is 3.52. The standard InChI is InChI=1S/C12H19NOS2/c1-9-5-7-16-11(9)12(2,3)8-13-10(14)4-6-15/h5,7,15H,4,6,8H2,1-3H3,(H,13,14). The Morgan fingerprint density at radius 1 is 1.56 bits per heavy atom. The highest BCUT2D eigenvalue weighted by Gasteiger charge is 2.24. The van der Waals surface area contributed by atoms with Gasteiger partial charge in [-0.2, -0.15) is 12.6 Å². The molecule has 0 atom stereocenters. The number of thiophene rings is 1. The highest BCUT2D eigenvalue weighted by Crippen LogP contribution is 2.30. The molecule has 0 spiro atoms. The molecule has 0 aliphatic rings. The number of thiol groups is 1. The van der Waals surface area contributed by atoms with Gasteiger partial charge in [0.15, 0.2) is 0 Å². The van der Waals surface area contributed by atoms with Gasteiger partial charge in [0.05, 0.1) is 0 Å². The van der Waals surface area contributed by atoms with Crippen molar-refractivity contribution in [1.82, 2.24) is 5.32 Å². The minimum atomic E-state index is 0.00447. The van der Waals surface area contributed by atoms with Gasteiger partial charge in [-0.05, 0) is 29.7 Å². The van der Waals surface area contributed by atoms with Crippen LogP contribution in [-0.4, -0.2) is 18.2 Å². The molecule has 0 fully saturated rings. The molecule has 0 aliphatic carbocycles. The summed E-state index contributed by atoms with van der Waals surface area (Å²) in [5, 5.41) is 5.06. The third-order valence-electron chi connectivity index (χ3n) is 2.54. The lowest BCUT2D eigenvalue weighted by Gasteiger charge is -2.24. The Kier molecular flexibility index (Phi) is 4.87. The van der Waals surface area contributed by atoms with Crippen molar-refractivity contribution >= 4 is 29.9 Å². The molecular weight excluding hydrogens is 238 g/mol. The van der Waals surface area contributed by atoms with Gasteiger partial charge < -0.3 is 5.32 Å². The van der Waals surface area contributed by atoms with Gasteiger partial charge in [-0.15, -0.1) is 11.3 Å². The van der Waals surface area contributed by atoms with Crippen molar-refractivity contribution in [3.8, 4) is 0 Å². The van der Waals surface area contributed by atoms with E-state index in [2.05, 4.69) is 50.2 Å². The van der Waals surface area contributed by atoms with Crippen molar-refractivity contribution in [3.05, 3.63) is 21.9 Å². The Balaban J connectivity index is 2.59. The molecule has 0 saturated carbocycles. The SMILES string of the molecule is Cc1ccsc1C(C)(C)CNC(=O)CCS. The number of amides is 1. The first-order valence-corrected chi connectivity index (χ1v) is 6.90. The van der Waals surface area contributed by atoms with Crippen molar-refractivity contribution in [3.63, 3.8) is 0 Å². The molecule has 0 radical (unpaired) electrons. The zero-order chi connectivity index (χ0) is 12.2. The molecule has 1 aromatic heterocycles. The molecule has 0 aromatic carbocycles. The number of hydrogen-bond acceptors (Lipinski definition) is 3. The van der Waals surface area contributed by atoms with Crippen LogP contribution in [0, 0.1) is 6.92 Å². The molecule has 1 N–H and O–H groups in total. The highest BCUT2D eigenvalue weighted by atomic mass is 32.1. The lowest BCUT2D eigenvalue weighted by molar-refractivity contribution is -0.120. The fourth-order valence-corrected chi connectivity index (χ4v) is 2.91. The summed E-state index contributed by atoms with van der Waals surface area (Å²) in [4.78, 5) is 12.7. The molecule has 90 valence electrons. The topological polar surface area (TPSA) is 29.1 Å². The van der Waals surface area contributed by atoms with E-state index in [4.69, 9.17) is 0 Å². The van der Waals surface area contributed by atoms with Crippen LogP contribution in [0.3, 0.4) is 0 Å². The van der Waals surface area contributed by atoms with Gasteiger partial charge in [-0.1, -0.05) is 13.8 Å². The van der Waals surface area contributed by atoms with Gasteiger partial charge in [-0.3, -0.25) is 4.79 Å². The lowest BCUT2D eigenvalue weighted by atomic mass is 9.89. The second kappa shape index (κ2) is 5.73. The summed E-state index contributed by atoms with van der Waals surface area (Å²) in [6.07, 6.45) is 0.489. The summed E-state index contributed by atoms with van der Waals surface area (Å²) < 4.78 is 0. The van der Waals surface area contributed by atoms with E-state index in [-0.39, 0.29) is 11.3 Å². The molecule has 0 unspecified atom stereocenters. The average Bonchev–Trinajstić information content (AvgIpc) is 2.63. The van der Waals surface area contributed by atoms with Gasteiger partial charge in [0.1, 0.15) is 0 Å². The van der Waals surface area contributed by atoms with Gasteiger partial charge in [-0.25, -0.2) is 0 Å². The Hall–Kier alpha value is -0.480. The number of carbonyl (C=O) groups excluding carboxylic acids is 1. The molecule has 2 nitrogen and oxygen atoms in total. The quantitative estimate of drug-likeness (QED) is 0.780. The molecule has 4 heteroatoms. The molecule has 1 aromatic rings. The van der Waals surface area contributed by atoms with Gasteiger partial charge in [0.25, 0.3) is 0 Å². The number of aryl methyl sites for hydroxylation is 1. The maximum atomic E-state index is 11.4. The van der Waals surface area contributed by atoms with Gasteiger partial charge in [0, 0.05) is 23.3 Å². The summed E-state index contributed by atoms with van der Waals surface area (Å²) in [6, 6.07) is 2.12. The van der Waals surface area contributed by atoms with E-state index in [0.717, 1.165) is 0 Å². The molecule has 0 aliphatic heterocycles. The van der Waals surface area contributed by atoms with Crippen LogP contribution in [0.1, 0.15) is 30.7 Å². The van der Waals surface area contributed by atoms with Crippen molar-refractivity contribution in [1.29, 1.82) is 0 Å². The van der Waals surface area contributed by atoms with E-state index in [9.17, 15) is 4.79 Å². The highest BCUT2D eigenvalue weighted by molar-refractivity contribution is 7.80. The number of carbonyl (C=O) groups is 1. The molecule has 0 bridgehead atoms. The normalized spacial score (nSPS) is 11.5. The fourth-order valence-electron chi connectivity index (χ4n) is 1.66. The van der Waals surface area contributed by atoms with E-state index >= 15 is 0 Å². The van der Waals surface area contributed by atoms with Crippen LogP contribution in [0.25, 0.3) is 0 Å². The molecule has 1 rings (SSSR count). The summed E-state index contributed by atoms with van der Waals surface area (Å²) in [5.74, 6) is 0.682. The van der Waals surface area contributed by atoms with Crippen molar-refractivity contribution in [2.75, 3.05) is 12.3 Å². The Morgan fingerprint density at radius 2 is 2.25 bits per heavy atom. The minimum absolute atomic E-state index is 0.00447. The number of hydrogen-bond donors (Lipinski definition) is 2. The maximum Gasteiger partial charge on any atom is 0.220 e. The molecule has 1 amide bonds. The maximum absolute atomic E-state index is 11.4. The predicted octanol–water partition coefficient (Wildman–Crippen LogP) is 2.77. The first-order valence-electron chi connectivity index (χ1n) is 5.39. The minimum Gasteiger partial charge on any atom is -0.355 e. The zero-order valence-electron chi connectivity index (χ0n) is 10.0. The van der Waals surface area contributed by atoms with Crippen molar-refractivity contribution in [2.24, 2.45) is 0 Å². The zero-order valence-corrected chi connectivity index (χ0v) is 11.8. The van der Waals surface area contributed by atoms with Crippen LogP contribution in [0.5, 0.6) is 0 Å². The second-order valence-corrected chi connectivity index (χ2v) is 5.93. The van der Waals surface area contributed by atoms with E-state index in [1.165, 1.54) is 10.4 Å². The summed E-state index contributed by atoms with van der Waals surface area (Å²) in [6.45, 7) is 7.11. The molecule has 0 saturated heterocycles. The Bertz CT molecular complexity index is 358. The average molecular weight is 257 g/mol. The third-order valence-corrected chi connectivity index (χ3v) is 4.15. The van der Waals surface area contributed by atoms with Crippen LogP contribution in [0.15, 0.2) is 11.4 Å². The molecule has 16 heavy (non-hydrogen) atoms. The van der Waals surface area contributed by atoms with Crippen LogP contribution < -0.4 is 5.32 Å². The van der Waals surface area contributed by atoms with E-state index in [0.29, 0.717) is 18.7 Å². The van der Waals surface area contributed by atoms with E-state index in [1.807, 2.05) is 0 Å².